The summed E-state index contributed by atoms with van der Waals surface area (Å²) in [6, 6.07) is 14.7. The van der Waals surface area contributed by atoms with E-state index in [9.17, 15) is 4.79 Å². The van der Waals surface area contributed by atoms with Crippen LogP contribution in [0.25, 0.3) is 0 Å². The maximum Gasteiger partial charge on any atom is 0.241 e. The molecule has 1 N–H and O–H groups in total. The van der Waals surface area contributed by atoms with E-state index in [0.29, 0.717) is 6.54 Å². The molecule has 0 aliphatic carbocycles. The van der Waals surface area contributed by atoms with Gasteiger partial charge in [-0.2, -0.15) is 0 Å². The van der Waals surface area contributed by atoms with Crippen LogP contribution in [-0.4, -0.2) is 48.4 Å². The quantitative estimate of drug-likeness (QED) is 0.897. The molecule has 1 heterocycles. The number of nitrogens with one attached hydrogen (secondary N) is 1. The van der Waals surface area contributed by atoms with Gasteiger partial charge < -0.3 is 10.2 Å². The SMILES string of the molecule is Cc1ccccc1CN1CCN(C(=O)CNc2c(C)cccc2C)CC1. The Hall–Kier alpha value is -2.33. The number of piperazine rings is 1. The number of aryl methyl sites for hydroxylation is 3. The molecule has 0 radical (unpaired) electrons. The number of nitrogens with zero attached hydrogens (tertiary/aromatic N) is 2. The second kappa shape index (κ2) is 8.37. The highest BCUT2D eigenvalue weighted by Gasteiger charge is 2.21. The maximum atomic E-state index is 12.6. The van der Waals surface area contributed by atoms with Crippen molar-refractivity contribution in [1.82, 2.24) is 9.80 Å². The summed E-state index contributed by atoms with van der Waals surface area (Å²) < 4.78 is 0. The van der Waals surface area contributed by atoms with Crippen LogP contribution in [0.3, 0.4) is 0 Å². The molecular formula is C22H29N3O. The molecule has 26 heavy (non-hydrogen) atoms. The second-order valence-electron chi connectivity index (χ2n) is 7.20. The number of para-hydroxylation sites is 1. The first-order valence-electron chi connectivity index (χ1n) is 9.39. The molecule has 1 amide bonds. The lowest BCUT2D eigenvalue weighted by molar-refractivity contribution is -0.131. The molecule has 0 aromatic heterocycles. The number of hydrogen-bond acceptors (Lipinski definition) is 3. The third-order valence-corrected chi connectivity index (χ3v) is 5.28. The molecule has 1 saturated heterocycles. The molecule has 0 saturated carbocycles. The highest BCUT2D eigenvalue weighted by atomic mass is 16.2. The molecule has 138 valence electrons. The minimum Gasteiger partial charge on any atom is -0.376 e. The first-order valence-corrected chi connectivity index (χ1v) is 9.39. The zero-order valence-electron chi connectivity index (χ0n) is 16.1. The molecule has 1 fully saturated rings. The van der Waals surface area contributed by atoms with Crippen LogP contribution in [0, 0.1) is 20.8 Å². The fourth-order valence-corrected chi connectivity index (χ4v) is 3.55. The summed E-state index contributed by atoms with van der Waals surface area (Å²) in [6.07, 6.45) is 0. The van der Waals surface area contributed by atoms with Crippen molar-refractivity contribution in [1.29, 1.82) is 0 Å². The Balaban J connectivity index is 1.48. The number of hydrogen-bond donors (Lipinski definition) is 1. The molecule has 0 bridgehead atoms. The van der Waals surface area contributed by atoms with E-state index in [-0.39, 0.29) is 5.91 Å². The summed E-state index contributed by atoms with van der Waals surface area (Å²) in [5, 5.41) is 3.33. The minimum atomic E-state index is 0.184. The normalized spacial score (nSPS) is 15.1. The lowest BCUT2D eigenvalue weighted by Crippen LogP contribution is -2.49. The average molecular weight is 351 g/mol. The van der Waals surface area contributed by atoms with Gasteiger partial charge in [-0.1, -0.05) is 42.5 Å². The van der Waals surface area contributed by atoms with Crippen molar-refractivity contribution in [2.75, 3.05) is 38.0 Å². The van der Waals surface area contributed by atoms with Crippen LogP contribution in [0.1, 0.15) is 22.3 Å². The molecule has 0 atom stereocenters. The van der Waals surface area contributed by atoms with Crippen molar-refractivity contribution in [2.24, 2.45) is 0 Å². The molecule has 1 aliphatic heterocycles. The van der Waals surface area contributed by atoms with Crippen molar-refractivity contribution in [3.8, 4) is 0 Å². The van der Waals surface area contributed by atoms with Gasteiger partial charge in [0, 0.05) is 38.4 Å². The monoisotopic (exact) mass is 351 g/mol. The predicted octanol–water partition coefficient (Wildman–Crippen LogP) is 3.37. The zero-order chi connectivity index (χ0) is 18.5. The Morgan fingerprint density at radius 1 is 0.885 bits per heavy atom. The molecule has 4 nitrogen and oxygen atoms in total. The topological polar surface area (TPSA) is 35.6 Å². The van der Waals surface area contributed by atoms with Crippen LogP contribution in [0.2, 0.25) is 0 Å². The van der Waals surface area contributed by atoms with E-state index in [2.05, 4.69) is 67.4 Å². The molecule has 0 spiro atoms. The number of amides is 1. The average Bonchev–Trinajstić information content (AvgIpc) is 2.64. The van der Waals surface area contributed by atoms with Crippen LogP contribution >= 0.6 is 0 Å². The minimum absolute atomic E-state index is 0.184. The smallest absolute Gasteiger partial charge is 0.241 e. The van der Waals surface area contributed by atoms with E-state index in [0.717, 1.165) is 38.4 Å². The molecule has 1 aliphatic rings. The van der Waals surface area contributed by atoms with Gasteiger partial charge in [-0.15, -0.1) is 0 Å². The van der Waals surface area contributed by atoms with Crippen LogP contribution in [-0.2, 0) is 11.3 Å². The first kappa shape index (κ1) is 18.5. The van der Waals surface area contributed by atoms with Crippen molar-refractivity contribution < 1.29 is 4.79 Å². The van der Waals surface area contributed by atoms with E-state index < -0.39 is 0 Å². The standard InChI is InChI=1S/C22H29N3O/c1-17-7-4-5-10-20(17)16-24-11-13-25(14-12-24)21(26)15-23-22-18(2)8-6-9-19(22)3/h4-10,23H,11-16H2,1-3H3. The third-order valence-electron chi connectivity index (χ3n) is 5.28. The van der Waals surface area contributed by atoms with Crippen LogP contribution in [0.15, 0.2) is 42.5 Å². The summed E-state index contributed by atoms with van der Waals surface area (Å²) >= 11 is 0. The first-order chi connectivity index (χ1) is 12.5. The largest absolute Gasteiger partial charge is 0.376 e. The van der Waals surface area contributed by atoms with Gasteiger partial charge in [0.25, 0.3) is 0 Å². The number of benzene rings is 2. The van der Waals surface area contributed by atoms with Crippen LogP contribution < -0.4 is 5.32 Å². The van der Waals surface area contributed by atoms with Crippen LogP contribution in [0.5, 0.6) is 0 Å². The third kappa shape index (κ3) is 4.44. The van der Waals surface area contributed by atoms with Gasteiger partial charge in [-0.3, -0.25) is 9.69 Å². The summed E-state index contributed by atoms with van der Waals surface area (Å²) in [5.74, 6) is 0.184. The molecule has 0 unspecified atom stereocenters. The Morgan fingerprint density at radius 3 is 2.15 bits per heavy atom. The van der Waals surface area contributed by atoms with Gasteiger partial charge in [-0.05, 0) is 43.0 Å². The van der Waals surface area contributed by atoms with E-state index in [1.54, 1.807) is 0 Å². The zero-order valence-corrected chi connectivity index (χ0v) is 16.1. The fraction of sp³-hybridized carbons (Fsp3) is 0.409. The molecule has 2 aromatic carbocycles. The van der Waals surface area contributed by atoms with Gasteiger partial charge in [0.15, 0.2) is 0 Å². The molecule has 4 heteroatoms. The highest BCUT2D eigenvalue weighted by molar-refractivity contribution is 5.81. The number of carbonyl (C=O) groups excluding carboxylic acids is 1. The molecule has 2 aromatic rings. The van der Waals surface area contributed by atoms with E-state index >= 15 is 0 Å². The van der Waals surface area contributed by atoms with E-state index in [1.807, 2.05) is 11.0 Å². The van der Waals surface area contributed by atoms with Crippen molar-refractivity contribution in [2.45, 2.75) is 27.3 Å². The Morgan fingerprint density at radius 2 is 1.50 bits per heavy atom. The number of anilines is 1. The van der Waals surface area contributed by atoms with Crippen molar-refractivity contribution in [3.05, 3.63) is 64.7 Å². The fourth-order valence-electron chi connectivity index (χ4n) is 3.55. The lowest BCUT2D eigenvalue weighted by atomic mass is 10.1. The van der Waals surface area contributed by atoms with Gasteiger partial charge in [0.1, 0.15) is 0 Å². The maximum absolute atomic E-state index is 12.6. The summed E-state index contributed by atoms with van der Waals surface area (Å²) in [6.45, 7) is 11.1. The summed E-state index contributed by atoms with van der Waals surface area (Å²) in [5.41, 5.74) is 6.16. The Labute approximate surface area is 156 Å². The second-order valence-corrected chi connectivity index (χ2v) is 7.20. The number of rotatable bonds is 5. The lowest BCUT2D eigenvalue weighted by Gasteiger charge is -2.35. The van der Waals surface area contributed by atoms with Crippen molar-refractivity contribution >= 4 is 11.6 Å². The van der Waals surface area contributed by atoms with Gasteiger partial charge in [-0.25, -0.2) is 0 Å². The van der Waals surface area contributed by atoms with Crippen molar-refractivity contribution in [3.63, 3.8) is 0 Å². The van der Waals surface area contributed by atoms with E-state index in [4.69, 9.17) is 0 Å². The van der Waals surface area contributed by atoms with E-state index in [1.165, 1.54) is 22.3 Å². The predicted molar refractivity (Wildman–Crippen MR) is 107 cm³/mol. The van der Waals surface area contributed by atoms with Gasteiger partial charge in [0.2, 0.25) is 5.91 Å². The molecule has 3 rings (SSSR count). The summed E-state index contributed by atoms with van der Waals surface area (Å²) in [4.78, 5) is 17.0. The Bertz CT molecular complexity index is 743. The Kier molecular flexibility index (Phi) is 5.94. The highest BCUT2D eigenvalue weighted by Crippen LogP contribution is 2.19. The van der Waals surface area contributed by atoms with Crippen LogP contribution in [0.4, 0.5) is 5.69 Å². The molecular weight excluding hydrogens is 322 g/mol. The number of carbonyl (C=O) groups is 1. The summed E-state index contributed by atoms with van der Waals surface area (Å²) in [7, 11) is 0. The van der Waals surface area contributed by atoms with Gasteiger partial charge in [0.05, 0.1) is 6.54 Å². The van der Waals surface area contributed by atoms with Gasteiger partial charge >= 0.3 is 0 Å².